The third-order valence-electron chi connectivity index (χ3n) is 7.71. The van der Waals surface area contributed by atoms with E-state index in [1.54, 1.807) is 6.20 Å². The van der Waals surface area contributed by atoms with E-state index in [2.05, 4.69) is 32.5 Å². The van der Waals surface area contributed by atoms with Gasteiger partial charge in [-0.2, -0.15) is 5.10 Å². The number of amides is 2. The first-order chi connectivity index (χ1) is 17.5. The van der Waals surface area contributed by atoms with Crippen LogP contribution in [0, 0.1) is 19.8 Å². The number of benzene rings is 2. The number of nitrogens with one attached hydrogen (secondary N) is 1. The molecule has 2 aromatic carbocycles. The molecular weight excluding hydrogens is 450 g/mol. The summed E-state index contributed by atoms with van der Waals surface area (Å²) in [7, 11) is 0. The van der Waals surface area contributed by atoms with Gasteiger partial charge in [-0.3, -0.25) is 9.59 Å². The van der Waals surface area contributed by atoms with Crippen molar-refractivity contribution in [2.24, 2.45) is 5.92 Å². The average Bonchev–Trinajstić information content (AvgIpc) is 3.42. The number of hydrogen-bond donors (Lipinski definition) is 1. The Labute approximate surface area is 212 Å². The molecule has 1 atom stereocenters. The number of carbonyl (C=O) groups is 2. The van der Waals surface area contributed by atoms with Crippen LogP contribution in [0.1, 0.15) is 52.2 Å². The van der Waals surface area contributed by atoms with Crippen LogP contribution in [0.3, 0.4) is 0 Å². The molecule has 2 saturated heterocycles. The Morgan fingerprint density at radius 2 is 1.69 bits per heavy atom. The van der Waals surface area contributed by atoms with Crippen LogP contribution in [-0.2, 0) is 4.79 Å². The fraction of sp³-hybridized carbons (Fsp3) is 0.379. The molecule has 3 aromatic rings. The number of piperidine rings is 1. The van der Waals surface area contributed by atoms with Gasteiger partial charge in [-0.05, 0) is 86.1 Å². The molecule has 1 aromatic heterocycles. The zero-order valence-electron chi connectivity index (χ0n) is 21.0. The zero-order valence-corrected chi connectivity index (χ0v) is 21.0. The van der Waals surface area contributed by atoms with Gasteiger partial charge in [0.1, 0.15) is 0 Å². The lowest BCUT2D eigenvalue weighted by atomic mass is 9.89. The number of likely N-dealkylation sites (tertiary alicyclic amines) is 1. The Morgan fingerprint density at radius 3 is 2.42 bits per heavy atom. The molecule has 36 heavy (non-hydrogen) atoms. The maximum absolute atomic E-state index is 13.0. The number of hydrogen-bond acceptors (Lipinski definition) is 5. The normalized spacial score (nSPS) is 18.3. The second kappa shape index (κ2) is 10.5. The molecule has 5 rings (SSSR count). The third kappa shape index (κ3) is 5.10. The highest BCUT2D eigenvalue weighted by Crippen LogP contribution is 2.30. The summed E-state index contributed by atoms with van der Waals surface area (Å²) in [5, 5.41) is 11.2. The van der Waals surface area contributed by atoms with E-state index in [-0.39, 0.29) is 17.7 Å². The topological polar surface area (TPSA) is 78.4 Å². The van der Waals surface area contributed by atoms with Crippen molar-refractivity contribution in [3.8, 4) is 0 Å². The molecule has 2 aliphatic rings. The highest BCUT2D eigenvalue weighted by molar-refractivity contribution is 5.96. The second-order valence-electron chi connectivity index (χ2n) is 9.94. The van der Waals surface area contributed by atoms with Gasteiger partial charge in [-0.25, -0.2) is 0 Å². The lowest BCUT2D eigenvalue weighted by Crippen LogP contribution is -2.38. The Kier molecular flexibility index (Phi) is 6.98. The maximum Gasteiger partial charge on any atom is 0.254 e. The lowest BCUT2D eigenvalue weighted by Gasteiger charge is -2.32. The first-order valence-electron chi connectivity index (χ1n) is 12.8. The van der Waals surface area contributed by atoms with Crippen LogP contribution in [0.25, 0.3) is 0 Å². The molecule has 0 bridgehead atoms. The molecule has 2 aliphatic heterocycles. The van der Waals surface area contributed by atoms with Crippen molar-refractivity contribution in [1.29, 1.82) is 0 Å². The van der Waals surface area contributed by atoms with E-state index in [1.807, 2.05) is 61.2 Å². The summed E-state index contributed by atoms with van der Waals surface area (Å²) in [6, 6.07) is 18.0. The van der Waals surface area contributed by atoms with Crippen LogP contribution < -0.4 is 10.2 Å². The fourth-order valence-corrected chi connectivity index (χ4v) is 5.30. The minimum Gasteiger partial charge on any atom is -0.354 e. The van der Waals surface area contributed by atoms with Crippen molar-refractivity contribution in [3.05, 3.63) is 83.0 Å². The van der Waals surface area contributed by atoms with E-state index in [4.69, 9.17) is 0 Å². The number of aryl methyl sites for hydroxylation is 1. The van der Waals surface area contributed by atoms with Crippen LogP contribution in [0.5, 0.6) is 0 Å². The smallest absolute Gasteiger partial charge is 0.254 e. The van der Waals surface area contributed by atoms with Crippen LogP contribution >= 0.6 is 0 Å². The van der Waals surface area contributed by atoms with E-state index in [9.17, 15) is 9.59 Å². The van der Waals surface area contributed by atoms with Crippen LogP contribution in [0.15, 0.2) is 60.8 Å². The van der Waals surface area contributed by atoms with Crippen molar-refractivity contribution < 1.29 is 9.59 Å². The monoisotopic (exact) mass is 483 g/mol. The van der Waals surface area contributed by atoms with Gasteiger partial charge in [0.15, 0.2) is 5.82 Å². The molecular formula is C29H33N5O2. The summed E-state index contributed by atoms with van der Waals surface area (Å²) in [5.74, 6) is 1.36. The Morgan fingerprint density at radius 1 is 0.917 bits per heavy atom. The molecule has 3 heterocycles. The van der Waals surface area contributed by atoms with Crippen LogP contribution in [0.4, 0.5) is 11.5 Å². The number of anilines is 2. The Hall–Kier alpha value is -3.74. The first-order valence-corrected chi connectivity index (χ1v) is 12.8. The van der Waals surface area contributed by atoms with Crippen molar-refractivity contribution >= 4 is 23.3 Å². The third-order valence-corrected chi connectivity index (χ3v) is 7.71. The van der Waals surface area contributed by atoms with Gasteiger partial charge in [-0.15, -0.1) is 5.10 Å². The molecule has 7 heteroatoms. The molecule has 7 nitrogen and oxygen atoms in total. The quantitative estimate of drug-likeness (QED) is 0.575. The number of rotatable bonds is 5. The summed E-state index contributed by atoms with van der Waals surface area (Å²) in [6.07, 6.45) is 4.35. The number of aromatic nitrogens is 2. The molecule has 0 spiro atoms. The van der Waals surface area contributed by atoms with Gasteiger partial charge < -0.3 is 15.1 Å². The van der Waals surface area contributed by atoms with Crippen molar-refractivity contribution in [2.75, 3.05) is 36.4 Å². The van der Waals surface area contributed by atoms with Gasteiger partial charge in [0, 0.05) is 43.6 Å². The Bertz CT molecular complexity index is 1220. The zero-order chi connectivity index (χ0) is 25.1. The van der Waals surface area contributed by atoms with E-state index in [1.165, 1.54) is 5.56 Å². The van der Waals surface area contributed by atoms with E-state index in [0.717, 1.165) is 67.1 Å². The number of carbonyl (C=O) groups excluding carboxylic acids is 2. The summed E-state index contributed by atoms with van der Waals surface area (Å²) in [6.45, 7) is 7.06. The molecule has 0 aliphatic carbocycles. The molecule has 2 amide bonds. The van der Waals surface area contributed by atoms with Crippen LogP contribution in [-0.4, -0.2) is 53.1 Å². The van der Waals surface area contributed by atoms with Gasteiger partial charge in [0.05, 0.1) is 5.92 Å². The van der Waals surface area contributed by atoms with Crippen LogP contribution in [0.2, 0.25) is 0 Å². The average molecular weight is 484 g/mol. The summed E-state index contributed by atoms with van der Waals surface area (Å²) in [5.41, 5.74) is 5.13. The molecule has 0 saturated carbocycles. The van der Waals surface area contributed by atoms with E-state index < -0.39 is 0 Å². The van der Waals surface area contributed by atoms with Gasteiger partial charge in [0.2, 0.25) is 5.91 Å². The SMILES string of the molecule is Cc1cccc(C(=O)N2CCC(c3ccc(NC(=O)[C@H]4CCN(c5cccnn5)C4)cc3)CC2)c1C. The first kappa shape index (κ1) is 24.0. The summed E-state index contributed by atoms with van der Waals surface area (Å²) >= 11 is 0. The highest BCUT2D eigenvalue weighted by Gasteiger charge is 2.29. The lowest BCUT2D eigenvalue weighted by molar-refractivity contribution is -0.119. The second-order valence-corrected chi connectivity index (χ2v) is 9.94. The molecule has 2 fully saturated rings. The van der Waals surface area contributed by atoms with E-state index >= 15 is 0 Å². The minimum atomic E-state index is -0.0643. The van der Waals surface area contributed by atoms with Gasteiger partial charge >= 0.3 is 0 Å². The van der Waals surface area contributed by atoms with E-state index in [0.29, 0.717) is 12.5 Å². The molecule has 1 N–H and O–H groups in total. The Balaban J connectivity index is 1.13. The summed E-state index contributed by atoms with van der Waals surface area (Å²) in [4.78, 5) is 30.0. The van der Waals surface area contributed by atoms with Crippen molar-refractivity contribution in [1.82, 2.24) is 15.1 Å². The molecule has 186 valence electrons. The molecule has 0 unspecified atom stereocenters. The predicted octanol–water partition coefficient (Wildman–Crippen LogP) is 4.58. The minimum absolute atomic E-state index is 0.0485. The molecule has 0 radical (unpaired) electrons. The maximum atomic E-state index is 13.0. The highest BCUT2D eigenvalue weighted by atomic mass is 16.2. The van der Waals surface area contributed by atoms with Crippen molar-refractivity contribution in [2.45, 2.75) is 39.0 Å². The van der Waals surface area contributed by atoms with Gasteiger partial charge in [0.25, 0.3) is 5.91 Å². The number of nitrogens with zero attached hydrogens (tertiary/aromatic N) is 4. The predicted molar refractivity (Wildman–Crippen MR) is 141 cm³/mol. The largest absolute Gasteiger partial charge is 0.354 e. The fourth-order valence-electron chi connectivity index (χ4n) is 5.30. The standard InChI is InChI=1S/C29H33N5O2/c1-20-5-3-6-26(21(20)2)29(36)33-16-12-23(13-17-33)22-8-10-25(11-9-22)31-28(35)24-14-18-34(19-24)27-7-4-15-30-32-27/h3-11,15,23-24H,12-14,16-19H2,1-2H3,(H,31,35)/t24-/m0/s1. The van der Waals surface area contributed by atoms with Crippen molar-refractivity contribution in [3.63, 3.8) is 0 Å². The van der Waals surface area contributed by atoms with Gasteiger partial charge in [-0.1, -0.05) is 24.3 Å². The summed E-state index contributed by atoms with van der Waals surface area (Å²) < 4.78 is 0.